The van der Waals surface area contributed by atoms with Gasteiger partial charge in [0.15, 0.2) is 0 Å². The van der Waals surface area contributed by atoms with Gasteiger partial charge in [0.2, 0.25) is 0 Å². The van der Waals surface area contributed by atoms with Crippen LogP contribution in [-0.2, 0) is 0 Å². The fraction of sp³-hybridized carbons (Fsp3) is 1.00. The van der Waals surface area contributed by atoms with Crippen molar-refractivity contribution in [3.8, 4) is 0 Å². The first-order chi connectivity index (χ1) is 6.29. The molecule has 0 heterocycles. The van der Waals surface area contributed by atoms with E-state index in [-0.39, 0.29) is 6.10 Å². The summed E-state index contributed by atoms with van der Waals surface area (Å²) in [5.41, 5.74) is 0. The molecular formula is C11H21NO. The average Bonchev–Trinajstić information content (AvgIpc) is 2.96. The van der Waals surface area contributed by atoms with Crippen molar-refractivity contribution in [3.05, 3.63) is 0 Å². The van der Waals surface area contributed by atoms with Gasteiger partial charge in [0.25, 0.3) is 0 Å². The van der Waals surface area contributed by atoms with Gasteiger partial charge in [0.1, 0.15) is 0 Å². The Labute approximate surface area is 80.9 Å². The van der Waals surface area contributed by atoms with Gasteiger partial charge in [-0.2, -0.15) is 0 Å². The van der Waals surface area contributed by atoms with Gasteiger partial charge in [-0.15, -0.1) is 0 Å². The summed E-state index contributed by atoms with van der Waals surface area (Å²) in [6, 6.07) is 0.821. The summed E-state index contributed by atoms with van der Waals surface area (Å²) in [6.45, 7) is 4.23. The lowest BCUT2D eigenvalue weighted by atomic mass is 10.2. The lowest BCUT2D eigenvalue weighted by Gasteiger charge is -2.24. The minimum Gasteiger partial charge on any atom is -0.392 e. The molecule has 2 nitrogen and oxygen atoms in total. The van der Waals surface area contributed by atoms with Crippen molar-refractivity contribution in [1.29, 1.82) is 0 Å². The van der Waals surface area contributed by atoms with Crippen LogP contribution in [0.1, 0.15) is 39.0 Å². The maximum absolute atomic E-state index is 9.60. The van der Waals surface area contributed by atoms with Gasteiger partial charge in [-0.1, -0.05) is 6.92 Å². The first kappa shape index (κ1) is 9.47. The van der Waals surface area contributed by atoms with Crippen LogP contribution in [0.5, 0.6) is 0 Å². The molecule has 0 aromatic carbocycles. The van der Waals surface area contributed by atoms with Gasteiger partial charge >= 0.3 is 0 Å². The predicted octanol–water partition coefficient (Wildman–Crippen LogP) is 1.63. The van der Waals surface area contributed by atoms with Crippen molar-refractivity contribution >= 4 is 0 Å². The Bertz CT molecular complexity index is 163. The van der Waals surface area contributed by atoms with E-state index >= 15 is 0 Å². The Morgan fingerprint density at radius 3 is 2.46 bits per heavy atom. The van der Waals surface area contributed by atoms with Crippen LogP contribution in [0.25, 0.3) is 0 Å². The first-order valence-electron chi connectivity index (χ1n) is 5.71. The minimum absolute atomic E-state index is 0.0978. The molecule has 0 amide bonds. The molecule has 1 N–H and O–H groups in total. The lowest BCUT2D eigenvalue weighted by molar-refractivity contribution is 0.102. The third kappa shape index (κ3) is 2.96. The molecule has 0 aliphatic heterocycles. The first-order valence-corrected chi connectivity index (χ1v) is 5.71. The molecule has 1 unspecified atom stereocenters. The normalized spacial score (nSPS) is 25.2. The Morgan fingerprint density at radius 2 is 2.00 bits per heavy atom. The fourth-order valence-electron chi connectivity index (χ4n) is 1.84. The molecule has 2 aliphatic rings. The quantitative estimate of drug-likeness (QED) is 0.676. The molecule has 2 fully saturated rings. The smallest absolute Gasteiger partial charge is 0.0664 e. The van der Waals surface area contributed by atoms with Gasteiger partial charge in [0.05, 0.1) is 6.10 Å². The van der Waals surface area contributed by atoms with Gasteiger partial charge in [-0.25, -0.2) is 0 Å². The van der Waals surface area contributed by atoms with Crippen molar-refractivity contribution in [2.75, 3.05) is 13.1 Å². The van der Waals surface area contributed by atoms with Gasteiger partial charge in [0, 0.05) is 19.1 Å². The van der Waals surface area contributed by atoms with E-state index in [0.717, 1.165) is 24.9 Å². The highest BCUT2D eigenvalue weighted by atomic mass is 16.3. The number of aliphatic hydroxyl groups is 1. The van der Waals surface area contributed by atoms with Crippen molar-refractivity contribution in [2.24, 2.45) is 5.92 Å². The van der Waals surface area contributed by atoms with Crippen LogP contribution in [0.2, 0.25) is 0 Å². The van der Waals surface area contributed by atoms with E-state index in [4.69, 9.17) is 0 Å². The second kappa shape index (κ2) is 3.97. The Hall–Kier alpha value is -0.0800. The molecule has 2 heteroatoms. The number of rotatable bonds is 6. The maximum Gasteiger partial charge on any atom is 0.0664 e. The summed E-state index contributed by atoms with van der Waals surface area (Å²) in [6.07, 6.45) is 6.37. The van der Waals surface area contributed by atoms with Crippen LogP contribution in [0.15, 0.2) is 0 Å². The molecule has 13 heavy (non-hydrogen) atoms. The minimum atomic E-state index is -0.0978. The summed E-state index contributed by atoms with van der Waals surface area (Å²) < 4.78 is 0. The number of aliphatic hydroxyl groups excluding tert-OH is 1. The number of hydrogen-bond donors (Lipinski definition) is 1. The molecule has 2 saturated carbocycles. The van der Waals surface area contributed by atoms with E-state index in [1.165, 1.54) is 32.2 Å². The molecule has 76 valence electrons. The maximum atomic E-state index is 9.60. The predicted molar refractivity (Wildman–Crippen MR) is 53.6 cm³/mol. The second-order valence-corrected chi connectivity index (χ2v) is 4.69. The zero-order valence-electron chi connectivity index (χ0n) is 8.58. The van der Waals surface area contributed by atoms with Gasteiger partial charge in [-0.3, -0.25) is 4.90 Å². The van der Waals surface area contributed by atoms with E-state index in [0.29, 0.717) is 0 Å². The topological polar surface area (TPSA) is 23.5 Å². The Kier molecular flexibility index (Phi) is 2.89. The Balaban J connectivity index is 1.74. The van der Waals surface area contributed by atoms with E-state index in [1.807, 2.05) is 0 Å². The summed E-state index contributed by atoms with van der Waals surface area (Å²) in [4.78, 5) is 2.52. The zero-order valence-corrected chi connectivity index (χ0v) is 8.58. The van der Waals surface area contributed by atoms with Crippen molar-refractivity contribution < 1.29 is 5.11 Å². The highest BCUT2D eigenvalue weighted by molar-refractivity contribution is 4.89. The summed E-state index contributed by atoms with van der Waals surface area (Å²) >= 11 is 0. The monoisotopic (exact) mass is 183 g/mol. The van der Waals surface area contributed by atoms with Gasteiger partial charge in [-0.05, 0) is 38.0 Å². The van der Waals surface area contributed by atoms with Crippen molar-refractivity contribution in [3.63, 3.8) is 0 Å². The highest BCUT2D eigenvalue weighted by Crippen LogP contribution is 2.34. The van der Waals surface area contributed by atoms with Crippen LogP contribution < -0.4 is 0 Å². The van der Waals surface area contributed by atoms with E-state index in [9.17, 15) is 5.11 Å². The molecule has 0 aromatic heterocycles. The SMILES string of the molecule is CCC(O)CN(CC1CC1)C1CC1. The largest absolute Gasteiger partial charge is 0.392 e. The third-order valence-corrected chi connectivity index (χ3v) is 3.17. The standard InChI is InChI=1S/C11H21NO/c1-2-11(13)8-12(10-5-6-10)7-9-3-4-9/h9-11,13H,2-8H2,1H3. The second-order valence-electron chi connectivity index (χ2n) is 4.69. The summed E-state index contributed by atoms with van der Waals surface area (Å²) in [5.74, 6) is 0.963. The zero-order chi connectivity index (χ0) is 9.26. The van der Waals surface area contributed by atoms with Crippen LogP contribution >= 0.6 is 0 Å². The fourth-order valence-corrected chi connectivity index (χ4v) is 1.84. The average molecular weight is 183 g/mol. The molecule has 0 bridgehead atoms. The number of nitrogens with zero attached hydrogens (tertiary/aromatic N) is 1. The van der Waals surface area contributed by atoms with Crippen LogP contribution in [0.4, 0.5) is 0 Å². The highest BCUT2D eigenvalue weighted by Gasteiger charge is 2.34. The van der Waals surface area contributed by atoms with Gasteiger partial charge < -0.3 is 5.11 Å². The molecule has 0 aromatic rings. The van der Waals surface area contributed by atoms with Crippen LogP contribution in [0.3, 0.4) is 0 Å². The van der Waals surface area contributed by atoms with Crippen LogP contribution in [0, 0.1) is 5.92 Å². The molecular weight excluding hydrogens is 162 g/mol. The molecule has 0 radical (unpaired) electrons. The molecule has 0 saturated heterocycles. The van der Waals surface area contributed by atoms with E-state index in [2.05, 4.69) is 11.8 Å². The Morgan fingerprint density at radius 1 is 1.31 bits per heavy atom. The molecule has 0 spiro atoms. The third-order valence-electron chi connectivity index (χ3n) is 3.17. The number of hydrogen-bond acceptors (Lipinski definition) is 2. The summed E-state index contributed by atoms with van der Waals surface area (Å²) in [7, 11) is 0. The lowest BCUT2D eigenvalue weighted by Crippen LogP contribution is -2.35. The van der Waals surface area contributed by atoms with Crippen LogP contribution in [-0.4, -0.2) is 35.2 Å². The summed E-state index contributed by atoms with van der Waals surface area (Å²) in [5, 5.41) is 9.60. The molecule has 1 atom stereocenters. The van der Waals surface area contributed by atoms with E-state index < -0.39 is 0 Å². The van der Waals surface area contributed by atoms with Crippen molar-refractivity contribution in [1.82, 2.24) is 4.90 Å². The molecule has 2 rings (SSSR count). The van der Waals surface area contributed by atoms with Crippen molar-refractivity contribution in [2.45, 2.75) is 51.2 Å². The molecule has 2 aliphatic carbocycles. The van der Waals surface area contributed by atoms with E-state index in [1.54, 1.807) is 0 Å².